The van der Waals surface area contributed by atoms with Gasteiger partial charge in [-0.3, -0.25) is 24.1 Å². The summed E-state index contributed by atoms with van der Waals surface area (Å²) < 4.78 is 0. The number of rotatable bonds is 10. The van der Waals surface area contributed by atoms with Crippen LogP contribution in [-0.4, -0.2) is 52.6 Å². The Morgan fingerprint density at radius 2 is 1.58 bits per heavy atom. The van der Waals surface area contributed by atoms with Crippen molar-refractivity contribution in [3.8, 4) is 0 Å². The molecule has 0 saturated heterocycles. The predicted molar refractivity (Wildman–Crippen MR) is 126 cm³/mol. The zero-order valence-corrected chi connectivity index (χ0v) is 19.5. The van der Waals surface area contributed by atoms with E-state index >= 15 is 0 Å². The minimum atomic E-state index is -0.587. The SMILES string of the molecule is CCNC(=O)[C@H](CC)N(Cc1ccccc1C)C(=O)CCCN1C(=O)c2ccccc2C1=O. The third kappa shape index (κ3) is 5.30. The molecule has 0 radical (unpaired) electrons. The number of aryl methyl sites for hydroxylation is 1. The number of amides is 4. The smallest absolute Gasteiger partial charge is 0.261 e. The first-order valence-corrected chi connectivity index (χ1v) is 11.5. The lowest BCUT2D eigenvalue weighted by atomic mass is 10.1. The number of likely N-dealkylation sites (N-methyl/N-ethyl adjacent to an activating group) is 1. The van der Waals surface area contributed by atoms with E-state index in [-0.39, 0.29) is 36.6 Å². The molecule has 2 aromatic rings. The molecule has 0 spiro atoms. The highest BCUT2D eigenvalue weighted by Gasteiger charge is 2.35. The fourth-order valence-electron chi connectivity index (χ4n) is 4.16. The number of benzene rings is 2. The first kappa shape index (κ1) is 24.2. The van der Waals surface area contributed by atoms with Crippen LogP contribution in [0.25, 0.3) is 0 Å². The summed E-state index contributed by atoms with van der Waals surface area (Å²) >= 11 is 0. The monoisotopic (exact) mass is 449 g/mol. The zero-order valence-electron chi connectivity index (χ0n) is 19.5. The van der Waals surface area contributed by atoms with Crippen molar-refractivity contribution in [2.45, 2.75) is 52.6 Å². The van der Waals surface area contributed by atoms with Crippen LogP contribution < -0.4 is 5.32 Å². The van der Waals surface area contributed by atoms with Crippen molar-refractivity contribution in [2.75, 3.05) is 13.1 Å². The van der Waals surface area contributed by atoms with Crippen molar-refractivity contribution in [1.82, 2.24) is 15.1 Å². The zero-order chi connectivity index (χ0) is 24.0. The summed E-state index contributed by atoms with van der Waals surface area (Å²) in [5, 5.41) is 2.82. The molecule has 4 amide bonds. The fraction of sp³-hybridized carbons (Fsp3) is 0.385. The Hall–Kier alpha value is -3.48. The second kappa shape index (κ2) is 10.9. The lowest BCUT2D eigenvalue weighted by Gasteiger charge is -2.31. The van der Waals surface area contributed by atoms with Gasteiger partial charge in [0.05, 0.1) is 11.1 Å². The molecule has 1 N–H and O–H groups in total. The average Bonchev–Trinajstić information content (AvgIpc) is 3.05. The number of imide groups is 1. The van der Waals surface area contributed by atoms with Gasteiger partial charge < -0.3 is 10.2 Å². The standard InChI is InChI=1S/C26H31N3O4/c1-4-22(24(31)27-5-2)29(17-19-12-7-6-11-18(19)3)23(30)15-10-16-28-25(32)20-13-8-9-14-21(20)26(28)33/h6-9,11-14,22H,4-5,10,15-17H2,1-3H3,(H,27,31)/t22-/m0/s1. The van der Waals surface area contributed by atoms with Gasteiger partial charge in [-0.25, -0.2) is 0 Å². The van der Waals surface area contributed by atoms with Gasteiger partial charge in [-0.2, -0.15) is 0 Å². The van der Waals surface area contributed by atoms with Crippen molar-refractivity contribution in [1.29, 1.82) is 0 Å². The summed E-state index contributed by atoms with van der Waals surface area (Å²) in [4.78, 5) is 53.9. The van der Waals surface area contributed by atoms with Gasteiger partial charge >= 0.3 is 0 Å². The van der Waals surface area contributed by atoms with E-state index in [0.717, 1.165) is 11.1 Å². The number of carbonyl (C=O) groups is 4. The molecule has 0 saturated carbocycles. The molecule has 1 heterocycles. The first-order valence-electron chi connectivity index (χ1n) is 11.5. The summed E-state index contributed by atoms with van der Waals surface area (Å²) in [7, 11) is 0. The van der Waals surface area contributed by atoms with Crippen LogP contribution in [0.15, 0.2) is 48.5 Å². The molecule has 174 valence electrons. The maximum absolute atomic E-state index is 13.3. The van der Waals surface area contributed by atoms with E-state index < -0.39 is 6.04 Å². The molecule has 1 atom stereocenters. The number of hydrogen-bond acceptors (Lipinski definition) is 4. The Morgan fingerprint density at radius 1 is 0.970 bits per heavy atom. The van der Waals surface area contributed by atoms with Gasteiger partial charge in [0.2, 0.25) is 11.8 Å². The second-order valence-electron chi connectivity index (χ2n) is 8.18. The minimum Gasteiger partial charge on any atom is -0.355 e. The summed E-state index contributed by atoms with van der Waals surface area (Å²) in [5.74, 6) is -1.00. The molecule has 1 aliphatic heterocycles. The Morgan fingerprint density at radius 3 is 2.15 bits per heavy atom. The molecule has 1 aliphatic rings. The van der Waals surface area contributed by atoms with Crippen LogP contribution in [-0.2, 0) is 16.1 Å². The Labute approximate surface area is 194 Å². The van der Waals surface area contributed by atoms with E-state index in [2.05, 4.69) is 5.32 Å². The first-order chi connectivity index (χ1) is 15.9. The van der Waals surface area contributed by atoms with E-state index in [1.54, 1.807) is 29.2 Å². The third-order valence-corrected chi connectivity index (χ3v) is 5.99. The predicted octanol–water partition coefficient (Wildman–Crippen LogP) is 3.31. The molecule has 0 aromatic heterocycles. The maximum atomic E-state index is 13.3. The largest absolute Gasteiger partial charge is 0.355 e. The second-order valence-corrected chi connectivity index (χ2v) is 8.18. The van der Waals surface area contributed by atoms with Crippen LogP contribution in [0.5, 0.6) is 0 Å². The van der Waals surface area contributed by atoms with Crippen molar-refractivity contribution in [3.63, 3.8) is 0 Å². The van der Waals surface area contributed by atoms with E-state index in [9.17, 15) is 19.2 Å². The van der Waals surface area contributed by atoms with Gasteiger partial charge in [0, 0.05) is 26.1 Å². The van der Waals surface area contributed by atoms with Crippen LogP contribution in [0.2, 0.25) is 0 Å². The van der Waals surface area contributed by atoms with E-state index in [1.165, 1.54) is 4.90 Å². The van der Waals surface area contributed by atoms with E-state index in [4.69, 9.17) is 0 Å². The number of fused-ring (bicyclic) bond motifs is 1. The van der Waals surface area contributed by atoms with Crippen molar-refractivity contribution in [2.24, 2.45) is 0 Å². The van der Waals surface area contributed by atoms with Crippen LogP contribution in [0.3, 0.4) is 0 Å². The molecule has 0 unspecified atom stereocenters. The quantitative estimate of drug-likeness (QED) is 0.564. The molecule has 0 aliphatic carbocycles. The van der Waals surface area contributed by atoms with Crippen molar-refractivity contribution >= 4 is 23.6 Å². The maximum Gasteiger partial charge on any atom is 0.261 e. The van der Waals surface area contributed by atoms with Gasteiger partial charge in [-0.15, -0.1) is 0 Å². The van der Waals surface area contributed by atoms with Gasteiger partial charge in [0.15, 0.2) is 0 Å². The Bertz CT molecular complexity index is 1010. The van der Waals surface area contributed by atoms with Crippen LogP contribution >= 0.6 is 0 Å². The van der Waals surface area contributed by atoms with Crippen LogP contribution in [0.4, 0.5) is 0 Å². The minimum absolute atomic E-state index is 0.134. The molecule has 7 nitrogen and oxygen atoms in total. The number of carbonyl (C=O) groups excluding carboxylic acids is 4. The Kier molecular flexibility index (Phi) is 7.98. The summed E-state index contributed by atoms with van der Waals surface area (Å²) in [6.07, 6.45) is 0.956. The summed E-state index contributed by atoms with van der Waals surface area (Å²) in [5.41, 5.74) is 2.83. The highest BCUT2D eigenvalue weighted by atomic mass is 16.2. The summed E-state index contributed by atoms with van der Waals surface area (Å²) in [6, 6.07) is 13.9. The molecule has 2 aromatic carbocycles. The molecule has 0 bridgehead atoms. The molecule has 0 fully saturated rings. The molecular weight excluding hydrogens is 418 g/mol. The van der Waals surface area contributed by atoms with Crippen molar-refractivity contribution < 1.29 is 19.2 Å². The number of nitrogens with zero attached hydrogens (tertiary/aromatic N) is 2. The van der Waals surface area contributed by atoms with Gasteiger partial charge in [0.1, 0.15) is 6.04 Å². The molecule has 3 rings (SSSR count). The van der Waals surface area contributed by atoms with E-state index in [0.29, 0.717) is 37.1 Å². The number of nitrogens with one attached hydrogen (secondary N) is 1. The van der Waals surface area contributed by atoms with Crippen LogP contribution in [0.1, 0.15) is 65.0 Å². The van der Waals surface area contributed by atoms with Gasteiger partial charge in [-0.05, 0) is 49.9 Å². The molecule has 33 heavy (non-hydrogen) atoms. The van der Waals surface area contributed by atoms with Gasteiger partial charge in [0.25, 0.3) is 11.8 Å². The van der Waals surface area contributed by atoms with Crippen molar-refractivity contribution in [3.05, 3.63) is 70.8 Å². The topological polar surface area (TPSA) is 86.8 Å². The normalized spacial score (nSPS) is 13.6. The van der Waals surface area contributed by atoms with E-state index in [1.807, 2.05) is 45.0 Å². The van der Waals surface area contributed by atoms with Gasteiger partial charge in [-0.1, -0.05) is 43.3 Å². The highest BCUT2D eigenvalue weighted by Crippen LogP contribution is 2.23. The Balaban J connectivity index is 1.71. The molecular formula is C26H31N3O4. The summed E-state index contributed by atoms with van der Waals surface area (Å²) in [6.45, 7) is 6.69. The molecule has 7 heteroatoms. The average molecular weight is 450 g/mol. The van der Waals surface area contributed by atoms with Crippen LogP contribution in [0, 0.1) is 6.92 Å². The highest BCUT2D eigenvalue weighted by molar-refractivity contribution is 6.21. The third-order valence-electron chi connectivity index (χ3n) is 5.99. The fourth-order valence-corrected chi connectivity index (χ4v) is 4.16. The number of hydrogen-bond donors (Lipinski definition) is 1. The lowest BCUT2D eigenvalue weighted by molar-refractivity contribution is -0.141. The lowest BCUT2D eigenvalue weighted by Crippen LogP contribution is -2.49.